The lowest BCUT2D eigenvalue weighted by Gasteiger charge is -2.39. The molecule has 5 nitrogen and oxygen atoms in total. The van der Waals surface area contributed by atoms with Crippen LogP contribution in [0.5, 0.6) is 5.75 Å². The smallest absolute Gasteiger partial charge is 0.203 e. The van der Waals surface area contributed by atoms with E-state index in [0.717, 1.165) is 35.2 Å². The van der Waals surface area contributed by atoms with Crippen molar-refractivity contribution >= 4 is 16.5 Å². The molecule has 0 amide bonds. The summed E-state index contributed by atoms with van der Waals surface area (Å²) in [5, 5.41) is 9.30. The van der Waals surface area contributed by atoms with E-state index in [1.54, 1.807) is 0 Å². The van der Waals surface area contributed by atoms with Gasteiger partial charge in [0, 0.05) is 24.7 Å². The van der Waals surface area contributed by atoms with Crippen molar-refractivity contribution in [2.45, 2.75) is 57.1 Å². The van der Waals surface area contributed by atoms with Crippen LogP contribution in [-0.2, 0) is 0 Å². The van der Waals surface area contributed by atoms with Gasteiger partial charge in [-0.25, -0.2) is 0 Å². The van der Waals surface area contributed by atoms with Crippen molar-refractivity contribution < 1.29 is 4.74 Å². The molecule has 25 heavy (non-hydrogen) atoms. The highest BCUT2D eigenvalue weighted by Gasteiger charge is 2.26. The van der Waals surface area contributed by atoms with Crippen LogP contribution in [0.2, 0.25) is 0 Å². The first-order chi connectivity index (χ1) is 12.3. The normalized spacial score (nSPS) is 20.6. The van der Waals surface area contributed by atoms with Crippen molar-refractivity contribution in [1.29, 1.82) is 0 Å². The Kier molecular flexibility index (Phi) is 5.17. The Labute approximate surface area is 153 Å². The summed E-state index contributed by atoms with van der Waals surface area (Å²) in [6.45, 7) is 2.36. The third kappa shape index (κ3) is 4.12. The second kappa shape index (κ2) is 7.70. The SMILES string of the molecule is Nc1nnc(-c2ccc(OC3CCN(C4CCCCC4)CC3)cc2)s1. The molecule has 0 radical (unpaired) electrons. The van der Waals surface area contributed by atoms with Gasteiger partial charge in [0.05, 0.1) is 0 Å². The number of hydrogen-bond acceptors (Lipinski definition) is 6. The Morgan fingerprint density at radius 2 is 1.68 bits per heavy atom. The van der Waals surface area contributed by atoms with Crippen LogP contribution in [-0.4, -0.2) is 40.3 Å². The quantitative estimate of drug-likeness (QED) is 0.896. The van der Waals surface area contributed by atoms with Crippen molar-refractivity contribution in [3.63, 3.8) is 0 Å². The number of likely N-dealkylation sites (tertiary alicyclic amines) is 1. The average Bonchev–Trinajstić information content (AvgIpc) is 3.10. The lowest BCUT2D eigenvalue weighted by Crippen LogP contribution is -2.44. The van der Waals surface area contributed by atoms with Crippen LogP contribution in [0.3, 0.4) is 0 Å². The second-order valence-corrected chi connectivity index (χ2v) is 8.12. The van der Waals surface area contributed by atoms with Crippen LogP contribution in [0.25, 0.3) is 10.6 Å². The number of rotatable bonds is 4. The maximum absolute atomic E-state index is 6.20. The Morgan fingerprint density at radius 3 is 2.32 bits per heavy atom. The molecule has 1 saturated carbocycles. The van der Waals surface area contributed by atoms with E-state index in [2.05, 4.69) is 15.1 Å². The summed E-state index contributed by atoms with van der Waals surface area (Å²) in [6.07, 6.45) is 9.63. The zero-order chi connectivity index (χ0) is 17.1. The minimum Gasteiger partial charge on any atom is -0.490 e. The van der Waals surface area contributed by atoms with E-state index in [9.17, 15) is 0 Å². The molecule has 0 unspecified atom stereocenters. The van der Waals surface area contributed by atoms with E-state index in [4.69, 9.17) is 10.5 Å². The second-order valence-electron chi connectivity index (χ2n) is 7.11. The zero-order valence-corrected chi connectivity index (χ0v) is 15.4. The predicted octanol–water partition coefficient (Wildman–Crippen LogP) is 3.96. The number of anilines is 1. The number of benzene rings is 1. The summed E-state index contributed by atoms with van der Waals surface area (Å²) in [6, 6.07) is 8.95. The van der Waals surface area contributed by atoms with Gasteiger partial charge in [-0.15, -0.1) is 10.2 Å². The van der Waals surface area contributed by atoms with E-state index in [0.29, 0.717) is 11.2 Å². The molecule has 2 heterocycles. The molecule has 2 aliphatic rings. The number of piperidine rings is 1. The van der Waals surface area contributed by atoms with Gasteiger partial charge >= 0.3 is 0 Å². The molecule has 1 aliphatic heterocycles. The van der Waals surface area contributed by atoms with Gasteiger partial charge in [-0.05, 0) is 49.9 Å². The molecule has 1 saturated heterocycles. The van der Waals surface area contributed by atoms with Gasteiger partial charge in [-0.3, -0.25) is 0 Å². The number of hydrogen-bond donors (Lipinski definition) is 1. The summed E-state index contributed by atoms with van der Waals surface area (Å²) in [4.78, 5) is 2.70. The largest absolute Gasteiger partial charge is 0.490 e. The van der Waals surface area contributed by atoms with E-state index < -0.39 is 0 Å². The van der Waals surface area contributed by atoms with Crippen LogP contribution < -0.4 is 10.5 Å². The van der Waals surface area contributed by atoms with Crippen LogP contribution in [0, 0.1) is 0 Å². The molecule has 2 N–H and O–H groups in total. The molecule has 1 aliphatic carbocycles. The third-order valence-electron chi connectivity index (χ3n) is 5.41. The highest BCUT2D eigenvalue weighted by Crippen LogP contribution is 2.29. The van der Waals surface area contributed by atoms with Gasteiger partial charge in [-0.1, -0.05) is 30.6 Å². The molecule has 0 atom stereocenters. The highest BCUT2D eigenvalue weighted by molar-refractivity contribution is 7.18. The standard InChI is InChI=1S/C19H26N4OS/c20-19-22-21-18(25-19)14-6-8-16(9-7-14)24-17-10-12-23(13-11-17)15-4-2-1-3-5-15/h6-9,15,17H,1-5,10-13H2,(H2,20,22). The van der Waals surface area contributed by atoms with Crippen molar-refractivity contribution in [2.24, 2.45) is 0 Å². The van der Waals surface area contributed by atoms with Gasteiger partial charge in [0.2, 0.25) is 5.13 Å². The fraction of sp³-hybridized carbons (Fsp3) is 0.579. The first-order valence-electron chi connectivity index (χ1n) is 9.38. The number of nitrogens with two attached hydrogens (primary N) is 1. The van der Waals surface area contributed by atoms with Gasteiger partial charge in [0.1, 0.15) is 16.9 Å². The Balaban J connectivity index is 1.29. The summed E-state index contributed by atoms with van der Waals surface area (Å²) in [5.41, 5.74) is 6.69. The van der Waals surface area contributed by atoms with E-state index >= 15 is 0 Å². The molecule has 6 heteroatoms. The zero-order valence-electron chi connectivity index (χ0n) is 14.6. The highest BCUT2D eigenvalue weighted by atomic mass is 32.1. The Hall–Kier alpha value is -1.66. The first-order valence-corrected chi connectivity index (χ1v) is 10.2. The molecule has 1 aromatic carbocycles. The van der Waals surface area contributed by atoms with Crippen molar-refractivity contribution in [3.8, 4) is 16.3 Å². The average molecular weight is 359 g/mol. The summed E-state index contributed by atoms with van der Waals surface area (Å²) < 4.78 is 6.20. The van der Waals surface area contributed by atoms with Crippen molar-refractivity contribution in [2.75, 3.05) is 18.8 Å². The lowest BCUT2D eigenvalue weighted by atomic mass is 9.92. The number of aromatic nitrogens is 2. The van der Waals surface area contributed by atoms with Crippen LogP contribution >= 0.6 is 11.3 Å². The first kappa shape index (κ1) is 16.8. The van der Waals surface area contributed by atoms with Crippen molar-refractivity contribution in [1.82, 2.24) is 15.1 Å². The van der Waals surface area contributed by atoms with Gasteiger partial charge < -0.3 is 15.4 Å². The van der Waals surface area contributed by atoms with Crippen molar-refractivity contribution in [3.05, 3.63) is 24.3 Å². The molecule has 2 fully saturated rings. The number of ether oxygens (including phenoxy) is 1. The van der Waals surface area contributed by atoms with E-state index in [-0.39, 0.29) is 0 Å². The van der Waals surface area contributed by atoms with E-state index in [1.807, 2.05) is 24.3 Å². The molecular weight excluding hydrogens is 332 g/mol. The molecule has 2 aromatic rings. The summed E-state index contributed by atoms with van der Waals surface area (Å²) in [7, 11) is 0. The van der Waals surface area contributed by atoms with Gasteiger partial charge in [0.25, 0.3) is 0 Å². The maximum Gasteiger partial charge on any atom is 0.203 e. The summed E-state index contributed by atoms with van der Waals surface area (Å²) >= 11 is 1.41. The van der Waals surface area contributed by atoms with Gasteiger partial charge in [0.15, 0.2) is 0 Å². The minimum absolute atomic E-state index is 0.336. The van der Waals surface area contributed by atoms with Crippen LogP contribution in [0.4, 0.5) is 5.13 Å². The number of nitrogen functional groups attached to an aromatic ring is 1. The third-order valence-corrected chi connectivity index (χ3v) is 6.21. The summed E-state index contributed by atoms with van der Waals surface area (Å²) in [5.74, 6) is 0.942. The van der Waals surface area contributed by atoms with E-state index in [1.165, 1.54) is 56.5 Å². The molecule has 0 bridgehead atoms. The minimum atomic E-state index is 0.336. The Morgan fingerprint density at radius 1 is 0.960 bits per heavy atom. The van der Waals surface area contributed by atoms with Crippen LogP contribution in [0.1, 0.15) is 44.9 Å². The maximum atomic E-state index is 6.20. The molecule has 134 valence electrons. The Bertz CT molecular complexity index is 673. The molecule has 1 aromatic heterocycles. The molecular formula is C19H26N4OS. The van der Waals surface area contributed by atoms with Crippen LogP contribution in [0.15, 0.2) is 24.3 Å². The van der Waals surface area contributed by atoms with Gasteiger partial charge in [-0.2, -0.15) is 0 Å². The molecule has 0 spiro atoms. The topological polar surface area (TPSA) is 64.3 Å². The molecule has 4 rings (SSSR count). The lowest BCUT2D eigenvalue weighted by molar-refractivity contribution is 0.0631. The fourth-order valence-corrected chi connectivity index (χ4v) is 4.64. The monoisotopic (exact) mass is 358 g/mol. The fourth-order valence-electron chi connectivity index (χ4n) is 4.02. The number of nitrogens with zero attached hydrogens (tertiary/aromatic N) is 3. The predicted molar refractivity (Wildman–Crippen MR) is 102 cm³/mol.